The van der Waals surface area contributed by atoms with Gasteiger partial charge in [0, 0.05) is 11.7 Å². The van der Waals surface area contributed by atoms with Crippen molar-refractivity contribution in [3.63, 3.8) is 0 Å². The lowest BCUT2D eigenvalue weighted by Gasteiger charge is -2.33. The molecule has 0 radical (unpaired) electrons. The minimum Gasteiger partial charge on any atom is -0.444 e. The number of primary sulfonamides is 1. The maximum Gasteiger partial charge on any atom is 0.410 e. The molecule has 0 aromatic carbocycles. The fourth-order valence-electron chi connectivity index (χ4n) is 2.87. The lowest BCUT2D eigenvalue weighted by Crippen LogP contribution is -2.45. The predicted molar refractivity (Wildman–Crippen MR) is 95.0 cm³/mol. The number of carbonyl (C=O) groups excluding carboxylic acids is 1. The second kappa shape index (κ2) is 7.16. The number of hydrogen-bond donors (Lipinski definition) is 1. The summed E-state index contributed by atoms with van der Waals surface area (Å²) in [6.07, 6.45) is 1.76. The topological polar surface area (TPSA) is 117 Å². The van der Waals surface area contributed by atoms with Crippen LogP contribution in [-0.2, 0) is 26.0 Å². The van der Waals surface area contributed by atoms with Crippen LogP contribution < -0.4 is 5.14 Å². The van der Waals surface area contributed by atoms with Crippen LogP contribution in [0.1, 0.15) is 41.0 Å². The second-order valence-electron chi connectivity index (χ2n) is 8.06. The number of carbonyl (C=O) groups is 1. The smallest absolute Gasteiger partial charge is 0.410 e. The van der Waals surface area contributed by atoms with Gasteiger partial charge in [-0.2, -0.15) is 5.10 Å². The Kier molecular flexibility index (Phi) is 5.69. The molecule has 0 aliphatic carbocycles. The third kappa shape index (κ3) is 5.42. The van der Waals surface area contributed by atoms with Crippen molar-refractivity contribution in [3.8, 4) is 0 Å². The van der Waals surface area contributed by atoms with Crippen LogP contribution in [0.3, 0.4) is 0 Å². The van der Waals surface area contributed by atoms with Gasteiger partial charge in [-0.3, -0.25) is 4.68 Å². The fourth-order valence-corrected chi connectivity index (χ4v) is 3.33. The van der Waals surface area contributed by atoms with E-state index in [0.29, 0.717) is 26.1 Å². The summed E-state index contributed by atoms with van der Waals surface area (Å²) in [4.78, 5) is 14.1. The Hall–Kier alpha value is -1.65. The number of amides is 1. The van der Waals surface area contributed by atoms with Crippen molar-refractivity contribution >= 4 is 16.1 Å². The van der Waals surface area contributed by atoms with Gasteiger partial charge in [0.15, 0.2) is 5.03 Å². The van der Waals surface area contributed by atoms with Gasteiger partial charge in [-0.25, -0.2) is 18.4 Å². The Morgan fingerprint density at radius 1 is 1.42 bits per heavy atom. The van der Waals surface area contributed by atoms with Crippen LogP contribution in [0.2, 0.25) is 0 Å². The molecule has 1 saturated heterocycles. The Labute approximate surface area is 154 Å². The molecule has 1 atom stereocenters. The fraction of sp³-hybridized carbons (Fsp3) is 0.750. The van der Waals surface area contributed by atoms with E-state index in [1.807, 2.05) is 34.6 Å². The molecule has 1 aliphatic heterocycles. The quantitative estimate of drug-likeness (QED) is 0.813. The first-order chi connectivity index (χ1) is 11.8. The number of sulfonamides is 1. The number of aromatic nitrogens is 2. The van der Waals surface area contributed by atoms with Gasteiger partial charge in [0.05, 0.1) is 25.8 Å². The summed E-state index contributed by atoms with van der Waals surface area (Å²) in [6, 6.07) is 1.35. The third-order valence-electron chi connectivity index (χ3n) is 4.04. The highest BCUT2D eigenvalue weighted by Crippen LogP contribution is 2.31. The largest absolute Gasteiger partial charge is 0.444 e. The Morgan fingerprint density at radius 3 is 2.62 bits per heavy atom. The van der Waals surface area contributed by atoms with Gasteiger partial charge in [0.1, 0.15) is 5.60 Å². The van der Waals surface area contributed by atoms with E-state index in [2.05, 4.69) is 5.10 Å². The Morgan fingerprint density at radius 2 is 2.08 bits per heavy atom. The van der Waals surface area contributed by atoms with Gasteiger partial charge in [-0.15, -0.1) is 0 Å². The molecule has 1 amide bonds. The molecule has 0 saturated carbocycles. The van der Waals surface area contributed by atoms with Gasteiger partial charge < -0.3 is 14.4 Å². The molecule has 1 fully saturated rings. The number of rotatable bonds is 5. The van der Waals surface area contributed by atoms with Crippen molar-refractivity contribution in [2.75, 3.05) is 13.2 Å². The van der Waals surface area contributed by atoms with E-state index in [9.17, 15) is 13.2 Å². The number of likely N-dealkylation sites (tertiary alicyclic amines) is 1. The maximum atomic E-state index is 12.4. The van der Waals surface area contributed by atoms with Crippen LogP contribution >= 0.6 is 0 Å². The average molecular weight is 388 g/mol. The van der Waals surface area contributed by atoms with E-state index in [4.69, 9.17) is 14.6 Å². The van der Waals surface area contributed by atoms with Crippen molar-refractivity contribution in [2.24, 2.45) is 5.14 Å². The molecule has 10 heteroatoms. The average Bonchev–Trinajstić information content (AvgIpc) is 3.01. The molecule has 1 aromatic rings. The number of nitrogens with two attached hydrogens (primary N) is 1. The molecule has 2 N–H and O–H groups in total. The molecular weight excluding hydrogens is 360 g/mol. The molecule has 26 heavy (non-hydrogen) atoms. The summed E-state index contributed by atoms with van der Waals surface area (Å²) in [6.45, 7) is 10.6. The molecule has 9 nitrogen and oxygen atoms in total. The van der Waals surface area contributed by atoms with Crippen molar-refractivity contribution in [1.29, 1.82) is 0 Å². The van der Waals surface area contributed by atoms with E-state index in [1.165, 1.54) is 16.9 Å². The molecule has 1 aliphatic rings. The zero-order chi connectivity index (χ0) is 19.8. The lowest BCUT2D eigenvalue weighted by atomic mass is 10.0. The highest BCUT2D eigenvalue weighted by atomic mass is 32.2. The van der Waals surface area contributed by atoms with E-state index in [1.54, 1.807) is 4.90 Å². The van der Waals surface area contributed by atoms with E-state index in [-0.39, 0.29) is 22.8 Å². The second-order valence-corrected chi connectivity index (χ2v) is 9.57. The number of hydrogen-bond acceptors (Lipinski definition) is 6. The summed E-state index contributed by atoms with van der Waals surface area (Å²) in [5.74, 6) is 0. The molecule has 0 spiro atoms. The van der Waals surface area contributed by atoms with Gasteiger partial charge in [0.2, 0.25) is 0 Å². The summed E-state index contributed by atoms with van der Waals surface area (Å²) in [5.41, 5.74) is -0.910. The predicted octanol–water partition coefficient (Wildman–Crippen LogP) is 1.34. The van der Waals surface area contributed by atoms with Gasteiger partial charge in [-0.05, 0) is 47.1 Å². The lowest BCUT2D eigenvalue weighted by molar-refractivity contribution is 0.00974. The first-order valence-electron chi connectivity index (χ1n) is 8.46. The zero-order valence-corrected chi connectivity index (χ0v) is 16.7. The van der Waals surface area contributed by atoms with Gasteiger partial charge in [0.25, 0.3) is 10.0 Å². The Balaban J connectivity index is 1.87. The van der Waals surface area contributed by atoms with Crippen LogP contribution in [-0.4, -0.2) is 59.6 Å². The molecule has 0 unspecified atom stereocenters. The summed E-state index contributed by atoms with van der Waals surface area (Å²) in [5, 5.41) is 8.76. The molecule has 2 rings (SSSR count). The highest BCUT2D eigenvalue weighted by Gasteiger charge is 2.43. The standard InChI is InChI=1S/C16H28N4O5S/c1-15(2,3)25-14(21)20-11-12(10-16(20,4)5)24-9-8-19-7-6-13(18-19)26(17,22)23/h6-7,12H,8-11H2,1-5H3,(H2,17,22,23)/t12-/m0/s1. The summed E-state index contributed by atoms with van der Waals surface area (Å²) in [7, 11) is -3.80. The first-order valence-corrected chi connectivity index (χ1v) is 10.0. The summed E-state index contributed by atoms with van der Waals surface area (Å²) < 4.78 is 35.2. The van der Waals surface area contributed by atoms with E-state index >= 15 is 0 Å². The van der Waals surface area contributed by atoms with Crippen LogP contribution in [0.15, 0.2) is 17.3 Å². The maximum absolute atomic E-state index is 12.4. The van der Waals surface area contributed by atoms with Crippen molar-refractivity contribution in [3.05, 3.63) is 12.3 Å². The molecule has 1 aromatic heterocycles. The van der Waals surface area contributed by atoms with Crippen molar-refractivity contribution in [2.45, 2.75) is 69.9 Å². The molecular formula is C16H28N4O5S. The Bertz CT molecular complexity index is 751. The highest BCUT2D eigenvalue weighted by molar-refractivity contribution is 7.89. The molecule has 2 heterocycles. The van der Waals surface area contributed by atoms with E-state index in [0.717, 1.165) is 0 Å². The van der Waals surface area contributed by atoms with Crippen LogP contribution in [0.25, 0.3) is 0 Å². The number of ether oxygens (including phenoxy) is 2. The van der Waals surface area contributed by atoms with Crippen molar-refractivity contribution in [1.82, 2.24) is 14.7 Å². The van der Waals surface area contributed by atoms with Crippen LogP contribution in [0.4, 0.5) is 4.79 Å². The third-order valence-corrected chi connectivity index (χ3v) is 4.84. The zero-order valence-electron chi connectivity index (χ0n) is 15.9. The van der Waals surface area contributed by atoms with Crippen molar-refractivity contribution < 1.29 is 22.7 Å². The van der Waals surface area contributed by atoms with Gasteiger partial charge in [-0.1, -0.05) is 0 Å². The van der Waals surface area contributed by atoms with Crippen LogP contribution in [0, 0.1) is 0 Å². The number of nitrogens with zero attached hydrogens (tertiary/aromatic N) is 3. The van der Waals surface area contributed by atoms with E-state index < -0.39 is 15.6 Å². The molecule has 148 valence electrons. The SMILES string of the molecule is CC(C)(C)OC(=O)N1C[C@@H](OCCn2ccc(S(N)(=O)=O)n2)CC1(C)C. The minimum atomic E-state index is -3.80. The monoisotopic (exact) mass is 388 g/mol. The van der Waals surface area contributed by atoms with Gasteiger partial charge >= 0.3 is 6.09 Å². The van der Waals surface area contributed by atoms with Crippen LogP contribution in [0.5, 0.6) is 0 Å². The normalized spacial score (nSPS) is 20.4. The molecule has 0 bridgehead atoms. The minimum absolute atomic E-state index is 0.120. The first kappa shape index (κ1) is 20.7. The summed E-state index contributed by atoms with van der Waals surface area (Å²) >= 11 is 0.